The molecule has 11 aromatic rings. The van der Waals surface area contributed by atoms with Crippen molar-refractivity contribution in [3.63, 3.8) is 0 Å². The monoisotopic (exact) mass is 728 g/mol. The van der Waals surface area contributed by atoms with Crippen LogP contribution in [0.1, 0.15) is 0 Å². The van der Waals surface area contributed by atoms with Crippen molar-refractivity contribution in [1.82, 2.24) is 4.57 Å². The molecule has 3 heteroatoms. The van der Waals surface area contributed by atoms with Gasteiger partial charge in [-0.25, -0.2) is 0 Å². The molecule has 0 N–H and O–H groups in total. The van der Waals surface area contributed by atoms with Crippen molar-refractivity contribution in [2.45, 2.75) is 0 Å². The predicted octanol–water partition coefficient (Wildman–Crippen LogP) is 15.2. The molecular weight excluding hydrogens is 693 g/mol. The number of nitrogens with zero attached hydrogens (tertiary/aromatic N) is 2. The molecule has 2 heterocycles. The summed E-state index contributed by atoms with van der Waals surface area (Å²) in [4.78, 5) is 2.42. The van der Waals surface area contributed by atoms with Gasteiger partial charge in [0.15, 0.2) is 0 Å². The summed E-state index contributed by atoms with van der Waals surface area (Å²) in [5, 5.41) is 4.63. The molecule has 0 aliphatic heterocycles. The van der Waals surface area contributed by atoms with E-state index in [4.69, 9.17) is 4.42 Å². The standard InChI is InChI=1S/C54H36N2O/c1-4-18-37(19-5-1)41-24-10-13-29-48(41)56-49-30-14-11-26-46(49)53-50(31-17-32-51(53)56)55(39-22-8-3-9-23-39)40-34-35-42(47(36-40)38-20-6-2-7-21-38)44-27-16-28-45-43-25-12-15-33-52(43)57-54(44)45/h1-36H. The zero-order chi connectivity index (χ0) is 37.7. The highest BCUT2D eigenvalue weighted by Gasteiger charge is 2.24. The summed E-state index contributed by atoms with van der Waals surface area (Å²) >= 11 is 0. The number of para-hydroxylation sites is 5. The zero-order valence-corrected chi connectivity index (χ0v) is 31.1. The van der Waals surface area contributed by atoms with Gasteiger partial charge in [-0.3, -0.25) is 0 Å². The summed E-state index contributed by atoms with van der Waals surface area (Å²) in [7, 11) is 0. The maximum Gasteiger partial charge on any atom is 0.143 e. The summed E-state index contributed by atoms with van der Waals surface area (Å²) in [5.41, 5.74) is 15.3. The third-order valence-electron chi connectivity index (χ3n) is 11.2. The SMILES string of the molecule is c1ccc(-c2cc(N(c3ccccc3)c3cccc4c3c3ccccc3n4-c3ccccc3-c3ccccc3)ccc2-c2cccc3c2oc2ccccc23)cc1. The molecule has 0 radical (unpaired) electrons. The van der Waals surface area contributed by atoms with E-state index in [0.717, 1.165) is 78.0 Å². The molecule has 9 aromatic carbocycles. The van der Waals surface area contributed by atoms with Gasteiger partial charge >= 0.3 is 0 Å². The Morgan fingerprint density at radius 2 is 0.965 bits per heavy atom. The molecule has 0 atom stereocenters. The van der Waals surface area contributed by atoms with Crippen LogP contribution in [0.2, 0.25) is 0 Å². The topological polar surface area (TPSA) is 21.3 Å². The van der Waals surface area contributed by atoms with Gasteiger partial charge in [0.25, 0.3) is 0 Å². The van der Waals surface area contributed by atoms with Gasteiger partial charge in [0.2, 0.25) is 0 Å². The Labute approximate surface area is 330 Å². The highest BCUT2D eigenvalue weighted by molar-refractivity contribution is 6.17. The largest absolute Gasteiger partial charge is 0.455 e. The van der Waals surface area contributed by atoms with Gasteiger partial charge in [0.05, 0.1) is 22.4 Å². The number of hydrogen-bond donors (Lipinski definition) is 0. The van der Waals surface area contributed by atoms with Crippen molar-refractivity contribution < 1.29 is 4.42 Å². The number of rotatable bonds is 7. The first-order chi connectivity index (χ1) is 28.3. The van der Waals surface area contributed by atoms with Gasteiger partial charge in [-0.2, -0.15) is 0 Å². The van der Waals surface area contributed by atoms with Crippen LogP contribution in [-0.2, 0) is 0 Å². The molecule has 0 aliphatic carbocycles. The van der Waals surface area contributed by atoms with E-state index >= 15 is 0 Å². The summed E-state index contributed by atoms with van der Waals surface area (Å²) in [5.74, 6) is 0. The molecule has 2 aromatic heterocycles. The summed E-state index contributed by atoms with van der Waals surface area (Å²) in [6.45, 7) is 0. The Balaban J connectivity index is 1.17. The average Bonchev–Trinajstić information content (AvgIpc) is 3.84. The summed E-state index contributed by atoms with van der Waals surface area (Å²) in [6, 6.07) is 78.1. The molecule has 268 valence electrons. The number of benzene rings is 9. The molecule has 0 aliphatic rings. The van der Waals surface area contributed by atoms with Gasteiger partial charge in [0.1, 0.15) is 11.2 Å². The van der Waals surface area contributed by atoms with E-state index in [1.54, 1.807) is 0 Å². The molecule has 3 nitrogen and oxygen atoms in total. The van der Waals surface area contributed by atoms with Crippen LogP contribution in [0.5, 0.6) is 0 Å². The van der Waals surface area contributed by atoms with Crippen molar-refractivity contribution in [2.24, 2.45) is 0 Å². The second-order valence-corrected chi connectivity index (χ2v) is 14.5. The van der Waals surface area contributed by atoms with Crippen LogP contribution < -0.4 is 4.90 Å². The lowest BCUT2D eigenvalue weighted by Crippen LogP contribution is -2.10. The fraction of sp³-hybridized carbons (Fsp3) is 0. The van der Waals surface area contributed by atoms with Crippen molar-refractivity contribution in [1.29, 1.82) is 0 Å². The van der Waals surface area contributed by atoms with Crippen molar-refractivity contribution >= 4 is 60.8 Å². The molecule has 0 saturated carbocycles. The van der Waals surface area contributed by atoms with Crippen LogP contribution in [-0.4, -0.2) is 4.57 Å². The van der Waals surface area contributed by atoms with Crippen molar-refractivity contribution in [2.75, 3.05) is 4.90 Å². The fourth-order valence-electron chi connectivity index (χ4n) is 8.70. The third-order valence-corrected chi connectivity index (χ3v) is 11.2. The first-order valence-electron chi connectivity index (χ1n) is 19.4. The van der Waals surface area contributed by atoms with Crippen molar-refractivity contribution in [3.8, 4) is 39.1 Å². The number of aromatic nitrogens is 1. The minimum atomic E-state index is 0.895. The normalized spacial score (nSPS) is 11.5. The second-order valence-electron chi connectivity index (χ2n) is 14.5. The van der Waals surface area contributed by atoms with Gasteiger partial charge in [-0.1, -0.05) is 164 Å². The zero-order valence-electron chi connectivity index (χ0n) is 31.1. The van der Waals surface area contributed by atoms with E-state index < -0.39 is 0 Å². The van der Waals surface area contributed by atoms with E-state index in [1.165, 1.54) is 21.9 Å². The van der Waals surface area contributed by atoms with Gasteiger partial charge < -0.3 is 13.9 Å². The fourth-order valence-corrected chi connectivity index (χ4v) is 8.70. The van der Waals surface area contributed by atoms with E-state index in [1.807, 2.05) is 6.07 Å². The van der Waals surface area contributed by atoms with Crippen LogP contribution in [0.25, 0.3) is 82.8 Å². The Morgan fingerprint density at radius 3 is 1.77 bits per heavy atom. The number of fused-ring (bicyclic) bond motifs is 6. The second kappa shape index (κ2) is 13.6. The molecule has 0 fully saturated rings. The minimum Gasteiger partial charge on any atom is -0.455 e. The molecule has 57 heavy (non-hydrogen) atoms. The molecule has 11 rings (SSSR count). The first-order valence-corrected chi connectivity index (χ1v) is 19.4. The van der Waals surface area contributed by atoms with Gasteiger partial charge in [0, 0.05) is 44.0 Å². The van der Waals surface area contributed by atoms with Gasteiger partial charge in [-0.05, 0) is 76.9 Å². The lowest BCUT2D eigenvalue weighted by Gasteiger charge is -2.27. The number of furan rings is 1. The Hall–Kier alpha value is -7.62. The Bertz CT molecular complexity index is 3230. The maximum absolute atomic E-state index is 6.60. The average molecular weight is 729 g/mol. The molecular formula is C54H36N2O. The highest BCUT2D eigenvalue weighted by Crippen LogP contribution is 2.47. The lowest BCUT2D eigenvalue weighted by atomic mass is 9.92. The van der Waals surface area contributed by atoms with E-state index in [0.29, 0.717) is 0 Å². The molecule has 0 spiro atoms. The number of hydrogen-bond acceptors (Lipinski definition) is 2. The highest BCUT2D eigenvalue weighted by atomic mass is 16.3. The summed E-state index contributed by atoms with van der Waals surface area (Å²) in [6.07, 6.45) is 0. The van der Waals surface area contributed by atoms with E-state index in [9.17, 15) is 0 Å². The van der Waals surface area contributed by atoms with Crippen LogP contribution >= 0.6 is 0 Å². The summed E-state index contributed by atoms with van der Waals surface area (Å²) < 4.78 is 9.03. The van der Waals surface area contributed by atoms with Crippen LogP contribution in [0.4, 0.5) is 17.1 Å². The minimum absolute atomic E-state index is 0.895. The molecule has 0 amide bonds. The number of anilines is 3. The van der Waals surface area contributed by atoms with E-state index in [2.05, 4.69) is 222 Å². The molecule has 0 saturated heterocycles. The van der Waals surface area contributed by atoms with Crippen molar-refractivity contribution in [3.05, 3.63) is 218 Å². The molecule has 0 unspecified atom stereocenters. The van der Waals surface area contributed by atoms with Crippen LogP contribution in [0.3, 0.4) is 0 Å². The Morgan fingerprint density at radius 1 is 0.368 bits per heavy atom. The van der Waals surface area contributed by atoms with Crippen LogP contribution in [0, 0.1) is 0 Å². The lowest BCUT2D eigenvalue weighted by molar-refractivity contribution is 0.670. The smallest absolute Gasteiger partial charge is 0.143 e. The maximum atomic E-state index is 6.60. The predicted molar refractivity (Wildman–Crippen MR) is 239 cm³/mol. The van der Waals surface area contributed by atoms with Gasteiger partial charge in [-0.15, -0.1) is 0 Å². The Kier molecular flexibility index (Phi) is 7.82. The van der Waals surface area contributed by atoms with E-state index in [-0.39, 0.29) is 0 Å². The third kappa shape index (κ3) is 5.43. The molecule has 0 bridgehead atoms. The quantitative estimate of drug-likeness (QED) is 0.163. The van der Waals surface area contributed by atoms with Crippen LogP contribution in [0.15, 0.2) is 223 Å². The first kappa shape index (κ1) is 32.8.